The number of methoxy groups -OCH3 is 1. The molecule has 7 bridgehead atoms. The molecule has 15 nitrogen and oxygen atoms in total. The Balaban J connectivity index is 1.41. The summed E-state index contributed by atoms with van der Waals surface area (Å²) in [5, 5.41) is 28.0. The van der Waals surface area contributed by atoms with Crippen molar-refractivity contribution >= 4 is 50.0 Å². The lowest BCUT2D eigenvalue weighted by Gasteiger charge is -2.50. The van der Waals surface area contributed by atoms with Gasteiger partial charge in [-0.05, 0) is 46.6 Å². The van der Waals surface area contributed by atoms with Gasteiger partial charge in [-0.3, -0.25) is 19.4 Å². The fraction of sp³-hybridized carbons (Fsp3) is 0.620. The molecule has 2 fully saturated rings. The van der Waals surface area contributed by atoms with E-state index in [9.17, 15) is 24.6 Å². The monoisotopic (exact) mass is 978 g/mol. The number of alkyl halides is 1. The fourth-order valence-electron chi connectivity index (χ4n) is 10.4. The van der Waals surface area contributed by atoms with Crippen molar-refractivity contribution in [2.75, 3.05) is 32.1 Å². The first-order chi connectivity index (χ1) is 30.9. The second-order valence-electron chi connectivity index (χ2n) is 20.0. The zero-order valence-electron chi connectivity index (χ0n) is 40.5. The number of fused-ring (bicyclic) bond motifs is 9. The first-order valence-corrected chi connectivity index (χ1v) is 24.1. The normalized spacial score (nSPS) is 33.2. The second kappa shape index (κ2) is 18.6. The molecule has 2 saturated heterocycles. The van der Waals surface area contributed by atoms with E-state index >= 15 is 0 Å². The SMILES string of the molecule is CO[C@H]1/C=C/O[C@@]2(C)Oc3c(C)c(O)c4c(O)c(c5c(c4c3C2=O)NC2(CCN(CC(C)C)CC2)N=5)=NC(=O)/C(C)=C\C=C\[C@H](C)[C@@H]2OC(C)(C)O[C@@H]([C@@H](C)[C@H](OC(=O)C(C)Br)[C@@H]1C)[C@@H]2C. The number of phenols is 2. The molecule has 2 aromatic carbocycles. The van der Waals surface area contributed by atoms with Crippen molar-refractivity contribution in [3.63, 3.8) is 0 Å². The minimum Gasteiger partial charge on any atom is -0.507 e. The number of phenolic OH excluding ortho intramolecular Hbond substituents is 2. The molecule has 16 heteroatoms. The topological polar surface area (TPSA) is 187 Å². The van der Waals surface area contributed by atoms with Crippen LogP contribution in [-0.4, -0.2) is 106 Å². The Morgan fingerprint density at radius 3 is 2.26 bits per heavy atom. The molecule has 1 amide bonds. The summed E-state index contributed by atoms with van der Waals surface area (Å²) in [5.74, 6) is -6.06. The first-order valence-electron chi connectivity index (χ1n) is 23.2. The number of amides is 1. The molecular formula is C50H67BrN4O11. The molecule has 66 heavy (non-hydrogen) atoms. The van der Waals surface area contributed by atoms with E-state index in [0.29, 0.717) is 24.4 Å². The number of carbonyl (C=O) groups is 3. The van der Waals surface area contributed by atoms with Crippen LogP contribution in [0.1, 0.15) is 105 Å². The van der Waals surface area contributed by atoms with E-state index in [-0.39, 0.29) is 73.5 Å². The Hall–Kier alpha value is -4.35. The highest BCUT2D eigenvalue weighted by atomic mass is 79.9. The van der Waals surface area contributed by atoms with E-state index in [2.05, 4.69) is 51.9 Å². The largest absolute Gasteiger partial charge is 0.507 e. The highest BCUT2D eigenvalue weighted by Crippen LogP contribution is 2.51. The van der Waals surface area contributed by atoms with Crippen LogP contribution in [0.4, 0.5) is 5.69 Å². The van der Waals surface area contributed by atoms with E-state index < -0.39 is 69.7 Å². The molecule has 0 aliphatic carbocycles. The van der Waals surface area contributed by atoms with Gasteiger partial charge < -0.3 is 48.9 Å². The highest BCUT2D eigenvalue weighted by molar-refractivity contribution is 9.10. The molecule has 0 radical (unpaired) electrons. The van der Waals surface area contributed by atoms with Crippen LogP contribution in [-0.2, 0) is 33.3 Å². The van der Waals surface area contributed by atoms with Crippen LogP contribution in [0.25, 0.3) is 10.8 Å². The van der Waals surface area contributed by atoms with Crippen LogP contribution in [0.3, 0.4) is 0 Å². The number of carbonyl (C=O) groups excluding carboxylic acids is 3. The van der Waals surface area contributed by atoms with E-state index in [4.69, 9.17) is 33.4 Å². The predicted molar refractivity (Wildman–Crippen MR) is 252 cm³/mol. The van der Waals surface area contributed by atoms with Gasteiger partial charge in [0, 0.05) is 86.7 Å². The van der Waals surface area contributed by atoms with Crippen LogP contribution in [0.15, 0.2) is 46.1 Å². The fourth-order valence-corrected chi connectivity index (χ4v) is 10.5. The van der Waals surface area contributed by atoms with Crippen LogP contribution in [0.5, 0.6) is 17.2 Å². The number of esters is 1. The molecule has 0 saturated carbocycles. The smallest absolute Gasteiger partial charge is 0.319 e. The Bertz CT molecular complexity index is 2490. The average Bonchev–Trinajstić information content (AvgIpc) is 3.75. The van der Waals surface area contributed by atoms with Gasteiger partial charge in [-0.2, -0.15) is 0 Å². The average molecular weight is 980 g/mol. The van der Waals surface area contributed by atoms with E-state index in [1.807, 2.05) is 40.7 Å². The number of Topliss-reactive ketones (excluding diaryl/α,β-unsaturated/α-hetero) is 1. The summed E-state index contributed by atoms with van der Waals surface area (Å²) in [6, 6.07) is 0. The Kier molecular flexibility index (Phi) is 14.0. The molecule has 6 heterocycles. The maximum absolute atomic E-state index is 14.9. The number of ketones is 1. The first kappa shape index (κ1) is 49.6. The lowest BCUT2D eigenvalue weighted by Crippen LogP contribution is -2.56. The summed E-state index contributed by atoms with van der Waals surface area (Å²) in [6.45, 7) is 24.9. The van der Waals surface area contributed by atoms with Crippen LogP contribution in [0, 0.1) is 36.5 Å². The quantitative estimate of drug-likeness (QED) is 0.154. The summed E-state index contributed by atoms with van der Waals surface area (Å²) >= 11 is 3.38. The Morgan fingerprint density at radius 2 is 1.62 bits per heavy atom. The Morgan fingerprint density at radius 1 is 0.955 bits per heavy atom. The molecule has 1 unspecified atom stereocenters. The third kappa shape index (κ3) is 9.16. The standard InChI is InChI=1S/C50H67BrN4O11/c1-24(2)23-55-20-18-50(19-21-55)53-36-33-34-39(56)28(6)44-35(33)45(58)49(12,66-44)62-22-17-32(61-13)27(5)42(63-47(60)31(9)51)30(8)43-29(7)41(64-48(10,11)65-43)25(3)15-14-16-26(4)46(59)52-38(40(34)57)37(36)54-50/h14-17,22,24-25,27,29-32,41-43,53,56-57H,18-21,23H2,1-13H3/b15-14+,22-17+,26-16-,52-38?/t25-,27+,29+,30-,31?,32-,41-,42+,43+,49-/m0/s1. The molecule has 6 aliphatic heterocycles. The molecule has 2 aromatic rings. The summed E-state index contributed by atoms with van der Waals surface area (Å²) in [7, 11) is 1.54. The number of hydrogen-bond donors (Lipinski definition) is 3. The van der Waals surface area contributed by atoms with Crippen LogP contribution < -0.4 is 20.8 Å². The number of ether oxygens (including phenoxy) is 6. The summed E-state index contributed by atoms with van der Waals surface area (Å²) in [4.78, 5) is 53.8. The van der Waals surface area contributed by atoms with Gasteiger partial charge in [-0.15, -0.1) is 0 Å². The number of likely N-dealkylation sites (tertiary alicyclic amines) is 1. The van der Waals surface area contributed by atoms with E-state index in [0.717, 1.165) is 19.6 Å². The lowest BCUT2D eigenvalue weighted by atomic mass is 9.77. The molecular weight excluding hydrogens is 912 g/mol. The van der Waals surface area contributed by atoms with E-state index in [1.54, 1.807) is 46.1 Å². The zero-order valence-corrected chi connectivity index (χ0v) is 42.1. The van der Waals surface area contributed by atoms with Gasteiger partial charge in [0.15, 0.2) is 11.5 Å². The summed E-state index contributed by atoms with van der Waals surface area (Å²) in [6.07, 6.45) is 7.42. The number of nitrogens with one attached hydrogen (secondary N) is 1. The van der Waals surface area contributed by atoms with Crippen LogP contribution in [0.2, 0.25) is 0 Å². The second-order valence-corrected chi connectivity index (χ2v) is 21.4. The van der Waals surface area contributed by atoms with Gasteiger partial charge in [0.25, 0.3) is 11.7 Å². The molecule has 6 aliphatic rings. The van der Waals surface area contributed by atoms with Crippen molar-refractivity contribution in [2.24, 2.45) is 39.6 Å². The lowest BCUT2D eigenvalue weighted by molar-refractivity contribution is -0.336. The number of piperidine rings is 1. The molecule has 0 aromatic heterocycles. The number of halogens is 1. The van der Waals surface area contributed by atoms with Gasteiger partial charge in [-0.1, -0.05) is 75.7 Å². The van der Waals surface area contributed by atoms with Crippen molar-refractivity contribution in [1.29, 1.82) is 0 Å². The van der Waals surface area contributed by atoms with Gasteiger partial charge in [0.05, 0.1) is 41.2 Å². The number of benzene rings is 2. The zero-order chi connectivity index (χ0) is 48.4. The van der Waals surface area contributed by atoms with Crippen molar-refractivity contribution in [3.05, 3.63) is 58.0 Å². The van der Waals surface area contributed by atoms with Crippen LogP contribution >= 0.6 is 15.9 Å². The minimum absolute atomic E-state index is 0.0670. The van der Waals surface area contributed by atoms with Gasteiger partial charge >= 0.3 is 11.8 Å². The van der Waals surface area contributed by atoms with Gasteiger partial charge in [0.2, 0.25) is 0 Å². The number of aromatic hydroxyl groups is 2. The predicted octanol–water partition coefficient (Wildman–Crippen LogP) is 7.31. The number of nitrogens with zero attached hydrogens (tertiary/aromatic N) is 3. The van der Waals surface area contributed by atoms with Gasteiger partial charge in [0.1, 0.15) is 38.8 Å². The maximum atomic E-state index is 14.9. The van der Waals surface area contributed by atoms with E-state index in [1.165, 1.54) is 13.2 Å². The number of anilines is 1. The Labute approximate surface area is 395 Å². The molecule has 1 spiro atoms. The van der Waals surface area contributed by atoms with Crippen molar-refractivity contribution in [1.82, 2.24) is 4.90 Å². The number of rotatable bonds is 5. The third-order valence-corrected chi connectivity index (χ3v) is 14.3. The maximum Gasteiger partial charge on any atom is 0.319 e. The minimum atomic E-state index is -1.93. The van der Waals surface area contributed by atoms with Gasteiger partial charge in [-0.25, -0.2) is 4.99 Å². The number of hydrogen-bond acceptors (Lipinski definition) is 14. The highest BCUT2D eigenvalue weighted by Gasteiger charge is 2.52. The molecule has 3 N–H and O–H groups in total. The molecule has 10 atom stereocenters. The molecule has 360 valence electrons. The summed E-state index contributed by atoms with van der Waals surface area (Å²) in [5.41, 5.74) is 0.0549. The van der Waals surface area contributed by atoms with Crippen molar-refractivity contribution in [2.45, 2.75) is 142 Å². The number of allylic oxidation sites excluding steroid dienone is 2. The summed E-state index contributed by atoms with van der Waals surface area (Å²) < 4.78 is 38.1. The van der Waals surface area contributed by atoms with Crippen molar-refractivity contribution < 1.29 is 53.0 Å². The third-order valence-electron chi connectivity index (χ3n) is 13.9. The molecule has 8 rings (SSSR count). The van der Waals surface area contributed by atoms with Crippen molar-refractivity contribution in [3.8, 4) is 17.2 Å².